The van der Waals surface area contributed by atoms with Gasteiger partial charge in [-0.2, -0.15) is 13.9 Å². The quantitative estimate of drug-likeness (QED) is 0.743. The number of nitrogens with one attached hydrogen (secondary N) is 3. The van der Waals surface area contributed by atoms with Crippen LogP contribution in [0.1, 0.15) is 18.5 Å². The molecule has 2 aromatic rings. The normalized spacial score (nSPS) is 13.8. The fourth-order valence-corrected chi connectivity index (χ4v) is 2.65. The highest BCUT2D eigenvalue weighted by Crippen LogP contribution is 2.24. The number of urea groups is 1. The molecule has 1 aromatic heterocycles. The molecule has 1 aliphatic rings. The molecule has 0 bridgehead atoms. The molecular formula is C18H18F2N4O2. The minimum absolute atomic E-state index is 0.203. The van der Waals surface area contributed by atoms with E-state index >= 15 is 0 Å². The second-order valence-corrected chi connectivity index (χ2v) is 5.77. The number of ether oxygens (including phenoxy) is 1. The van der Waals surface area contributed by atoms with Crippen LogP contribution in [-0.4, -0.2) is 22.8 Å². The number of hydrogen-bond donors (Lipinski definition) is 3. The van der Waals surface area contributed by atoms with E-state index in [1.165, 1.54) is 6.08 Å². The number of allylic oxidation sites excluding steroid dienone is 4. The summed E-state index contributed by atoms with van der Waals surface area (Å²) in [5.74, 6) is 0.203. The molecule has 6 nitrogen and oxygen atoms in total. The zero-order valence-corrected chi connectivity index (χ0v) is 14.1. The highest BCUT2D eigenvalue weighted by atomic mass is 19.3. The average molecular weight is 360 g/mol. The van der Waals surface area contributed by atoms with Crippen LogP contribution in [0.15, 0.2) is 54.1 Å². The number of rotatable bonds is 5. The Morgan fingerprint density at radius 1 is 1.27 bits per heavy atom. The Bertz CT molecular complexity index is 858. The summed E-state index contributed by atoms with van der Waals surface area (Å²) in [4.78, 5) is 12.2. The molecule has 0 saturated carbocycles. The van der Waals surface area contributed by atoms with Gasteiger partial charge in [-0.15, -0.1) is 0 Å². The Hall–Kier alpha value is -3.16. The van der Waals surface area contributed by atoms with E-state index in [0.29, 0.717) is 24.2 Å². The third-order valence-corrected chi connectivity index (χ3v) is 3.89. The van der Waals surface area contributed by atoms with Crippen molar-refractivity contribution in [2.45, 2.75) is 26.4 Å². The smallest absolute Gasteiger partial charge is 0.387 e. The summed E-state index contributed by atoms with van der Waals surface area (Å²) in [5.41, 5.74) is 4.09. The van der Waals surface area contributed by atoms with Crippen molar-refractivity contribution >= 4 is 11.7 Å². The van der Waals surface area contributed by atoms with Crippen LogP contribution in [0.25, 0.3) is 11.1 Å². The van der Waals surface area contributed by atoms with Crippen LogP contribution >= 0.6 is 0 Å². The molecule has 1 heterocycles. The van der Waals surface area contributed by atoms with Crippen LogP contribution in [0, 0.1) is 6.92 Å². The summed E-state index contributed by atoms with van der Waals surface area (Å²) < 4.78 is 28.7. The number of halogens is 2. The first-order chi connectivity index (χ1) is 12.5. The van der Waals surface area contributed by atoms with Crippen molar-refractivity contribution in [3.05, 3.63) is 59.8 Å². The average Bonchev–Trinajstić information content (AvgIpc) is 3.02. The molecule has 0 saturated heterocycles. The number of aromatic nitrogens is 2. The molecule has 0 atom stereocenters. The van der Waals surface area contributed by atoms with Crippen molar-refractivity contribution in [2.75, 3.05) is 5.32 Å². The maximum atomic E-state index is 12.2. The van der Waals surface area contributed by atoms with Crippen molar-refractivity contribution in [3.63, 3.8) is 0 Å². The molecule has 0 fully saturated rings. The Morgan fingerprint density at radius 3 is 2.77 bits per heavy atom. The number of alkyl halides is 2. The zero-order chi connectivity index (χ0) is 18.5. The SMILES string of the molecule is Cc1[nH]ncc1-c1cccc(NC(=O)NC2=CC=C(OC(F)F)CC2)c1. The first-order valence-electron chi connectivity index (χ1n) is 8.04. The molecular weight excluding hydrogens is 342 g/mol. The van der Waals surface area contributed by atoms with Gasteiger partial charge in [-0.1, -0.05) is 12.1 Å². The van der Waals surface area contributed by atoms with Crippen molar-refractivity contribution in [1.29, 1.82) is 0 Å². The molecule has 26 heavy (non-hydrogen) atoms. The Balaban J connectivity index is 1.62. The van der Waals surface area contributed by atoms with Gasteiger partial charge in [0.05, 0.1) is 6.20 Å². The maximum Gasteiger partial charge on any atom is 0.387 e. The van der Waals surface area contributed by atoms with Crippen LogP contribution in [0.2, 0.25) is 0 Å². The van der Waals surface area contributed by atoms with Gasteiger partial charge in [-0.05, 0) is 43.2 Å². The number of nitrogens with zero attached hydrogens (tertiary/aromatic N) is 1. The minimum Gasteiger partial charge on any atom is -0.439 e. The Labute approximate surface area is 148 Å². The largest absolute Gasteiger partial charge is 0.439 e. The molecule has 3 rings (SSSR count). The number of benzene rings is 1. The van der Waals surface area contributed by atoms with Crippen LogP contribution in [0.4, 0.5) is 19.3 Å². The summed E-state index contributed by atoms with van der Waals surface area (Å²) in [5, 5.41) is 12.3. The topological polar surface area (TPSA) is 79.0 Å². The second-order valence-electron chi connectivity index (χ2n) is 5.77. The highest BCUT2D eigenvalue weighted by molar-refractivity contribution is 5.91. The Morgan fingerprint density at radius 2 is 2.12 bits per heavy atom. The van der Waals surface area contributed by atoms with Crippen molar-refractivity contribution in [1.82, 2.24) is 15.5 Å². The van der Waals surface area contributed by atoms with Gasteiger partial charge in [0.25, 0.3) is 0 Å². The summed E-state index contributed by atoms with van der Waals surface area (Å²) in [6.45, 7) is -0.914. The predicted octanol–water partition coefficient (Wildman–Crippen LogP) is 4.31. The van der Waals surface area contributed by atoms with Gasteiger partial charge in [0, 0.05) is 29.1 Å². The zero-order valence-electron chi connectivity index (χ0n) is 14.1. The minimum atomic E-state index is -2.83. The number of H-pyrrole nitrogens is 1. The number of anilines is 1. The number of hydrogen-bond acceptors (Lipinski definition) is 3. The van der Waals surface area contributed by atoms with E-state index in [1.807, 2.05) is 25.1 Å². The van der Waals surface area contributed by atoms with Crippen molar-refractivity contribution < 1.29 is 18.3 Å². The number of aromatic amines is 1. The Kier molecular flexibility index (Phi) is 5.31. The third-order valence-electron chi connectivity index (χ3n) is 3.89. The van der Waals surface area contributed by atoms with E-state index in [4.69, 9.17) is 0 Å². The summed E-state index contributed by atoms with van der Waals surface area (Å²) in [6.07, 6.45) is 5.46. The van der Waals surface area contributed by atoms with Gasteiger partial charge in [0.15, 0.2) is 0 Å². The maximum absolute atomic E-state index is 12.2. The molecule has 0 aliphatic heterocycles. The lowest BCUT2D eigenvalue weighted by molar-refractivity contribution is -0.0985. The van der Waals surface area contributed by atoms with Crippen LogP contribution in [-0.2, 0) is 4.74 Å². The molecule has 8 heteroatoms. The lowest BCUT2D eigenvalue weighted by atomic mass is 10.1. The first kappa shape index (κ1) is 17.7. The monoisotopic (exact) mass is 360 g/mol. The lowest BCUT2D eigenvalue weighted by Crippen LogP contribution is -2.28. The fraction of sp³-hybridized carbons (Fsp3) is 0.222. The molecule has 3 N–H and O–H groups in total. The number of carbonyl (C=O) groups is 1. The van der Waals surface area contributed by atoms with E-state index in [2.05, 4.69) is 25.6 Å². The highest BCUT2D eigenvalue weighted by Gasteiger charge is 2.13. The fourth-order valence-electron chi connectivity index (χ4n) is 2.65. The molecule has 0 unspecified atom stereocenters. The van der Waals surface area contributed by atoms with E-state index in [0.717, 1.165) is 16.8 Å². The van der Waals surface area contributed by atoms with Crippen LogP contribution < -0.4 is 10.6 Å². The second kappa shape index (κ2) is 7.81. The first-order valence-corrected chi connectivity index (χ1v) is 8.04. The van der Waals surface area contributed by atoms with Crippen molar-refractivity contribution in [3.8, 4) is 11.1 Å². The van der Waals surface area contributed by atoms with Gasteiger partial charge in [0.1, 0.15) is 5.76 Å². The lowest BCUT2D eigenvalue weighted by Gasteiger charge is -2.16. The van der Waals surface area contributed by atoms with Gasteiger partial charge in [-0.25, -0.2) is 4.79 Å². The van der Waals surface area contributed by atoms with E-state index in [-0.39, 0.29) is 5.76 Å². The predicted molar refractivity (Wildman–Crippen MR) is 93.4 cm³/mol. The molecule has 1 aliphatic carbocycles. The molecule has 0 spiro atoms. The van der Waals surface area contributed by atoms with Gasteiger partial charge < -0.3 is 15.4 Å². The molecule has 136 valence electrons. The van der Waals surface area contributed by atoms with Gasteiger partial charge >= 0.3 is 12.6 Å². The van der Waals surface area contributed by atoms with E-state index in [1.54, 1.807) is 18.3 Å². The molecule has 1 aromatic carbocycles. The summed E-state index contributed by atoms with van der Waals surface area (Å²) in [6, 6.07) is 7.00. The summed E-state index contributed by atoms with van der Waals surface area (Å²) in [7, 11) is 0. The van der Waals surface area contributed by atoms with Crippen molar-refractivity contribution in [2.24, 2.45) is 0 Å². The van der Waals surface area contributed by atoms with Gasteiger partial charge in [0.2, 0.25) is 0 Å². The van der Waals surface area contributed by atoms with Gasteiger partial charge in [-0.3, -0.25) is 5.10 Å². The molecule has 0 radical (unpaired) electrons. The van der Waals surface area contributed by atoms with Crippen LogP contribution in [0.3, 0.4) is 0 Å². The number of aryl methyl sites for hydroxylation is 1. The standard InChI is InChI=1S/C18H18F2N4O2/c1-11-16(10-21-24-11)12-3-2-4-14(9-12)23-18(25)22-13-5-7-15(8-6-13)26-17(19)20/h2-5,7,9-10,17H,6,8H2,1H3,(H,21,24)(H2,22,23,25). The summed E-state index contributed by atoms with van der Waals surface area (Å²) >= 11 is 0. The molecule has 2 amide bonds. The number of amides is 2. The van der Waals surface area contributed by atoms with Crippen LogP contribution in [0.5, 0.6) is 0 Å². The third kappa shape index (κ3) is 4.47. The van der Waals surface area contributed by atoms with E-state index in [9.17, 15) is 13.6 Å². The van der Waals surface area contributed by atoms with E-state index < -0.39 is 12.6 Å². The number of carbonyl (C=O) groups excluding carboxylic acids is 1.